The van der Waals surface area contributed by atoms with Crippen molar-refractivity contribution in [2.75, 3.05) is 6.54 Å². The van der Waals surface area contributed by atoms with E-state index < -0.39 is 23.8 Å². The number of aryl methyl sites for hydroxylation is 1. The number of aromatic nitrogens is 1. The second kappa shape index (κ2) is 11.9. The summed E-state index contributed by atoms with van der Waals surface area (Å²) in [5, 5.41) is 17.5. The molecule has 3 N–H and O–H groups in total. The minimum absolute atomic E-state index is 0.110. The molecule has 3 aromatic rings. The van der Waals surface area contributed by atoms with Crippen molar-refractivity contribution in [3.63, 3.8) is 0 Å². The molecule has 37 heavy (non-hydrogen) atoms. The lowest BCUT2D eigenvalue weighted by molar-refractivity contribution is -0.120. The van der Waals surface area contributed by atoms with Crippen LogP contribution in [0.25, 0.3) is 11.3 Å². The number of amides is 1. The van der Waals surface area contributed by atoms with Gasteiger partial charge in [0.15, 0.2) is 0 Å². The van der Waals surface area contributed by atoms with Gasteiger partial charge < -0.3 is 15.7 Å². The number of carbonyl (C=O) groups is 1. The maximum atomic E-state index is 13.7. The van der Waals surface area contributed by atoms with Crippen LogP contribution in [0.4, 0.5) is 8.78 Å². The van der Waals surface area contributed by atoms with E-state index in [1.165, 1.54) is 19.1 Å². The monoisotopic (exact) mass is 507 g/mol. The molecular formula is C30H35F2N3O2. The van der Waals surface area contributed by atoms with Gasteiger partial charge in [0.25, 0.3) is 0 Å². The summed E-state index contributed by atoms with van der Waals surface area (Å²) in [6.45, 7) is 3.63. The number of halogens is 2. The summed E-state index contributed by atoms with van der Waals surface area (Å²) in [7, 11) is 0. The first-order valence-corrected chi connectivity index (χ1v) is 12.9. The van der Waals surface area contributed by atoms with Crippen LogP contribution < -0.4 is 10.6 Å². The fourth-order valence-electron chi connectivity index (χ4n) is 5.44. The zero-order chi connectivity index (χ0) is 26.4. The maximum absolute atomic E-state index is 13.7. The summed E-state index contributed by atoms with van der Waals surface area (Å²) in [6.07, 6.45) is 6.07. The van der Waals surface area contributed by atoms with Gasteiger partial charge in [-0.3, -0.25) is 9.78 Å². The summed E-state index contributed by atoms with van der Waals surface area (Å²) >= 11 is 0. The largest absolute Gasteiger partial charge is 0.390 e. The number of hydrogen-bond acceptors (Lipinski definition) is 4. The zero-order valence-electron chi connectivity index (χ0n) is 21.4. The molecule has 0 radical (unpaired) electrons. The number of pyridine rings is 1. The minimum Gasteiger partial charge on any atom is -0.390 e. The van der Waals surface area contributed by atoms with E-state index in [1.807, 2.05) is 25.1 Å². The van der Waals surface area contributed by atoms with Crippen molar-refractivity contribution in [2.45, 2.75) is 70.1 Å². The predicted octanol–water partition coefficient (Wildman–Crippen LogP) is 5.19. The molecule has 0 saturated heterocycles. The highest BCUT2D eigenvalue weighted by Gasteiger charge is 2.35. The van der Waals surface area contributed by atoms with Gasteiger partial charge in [0.2, 0.25) is 5.91 Å². The highest BCUT2D eigenvalue weighted by Crippen LogP contribution is 2.38. The smallest absolute Gasteiger partial charge is 0.217 e. The Bertz CT molecular complexity index is 1210. The Labute approximate surface area is 217 Å². The van der Waals surface area contributed by atoms with Crippen LogP contribution in [-0.4, -0.2) is 34.7 Å². The number of aliphatic hydroxyl groups excluding tert-OH is 1. The normalized spacial score (nSPS) is 16.7. The average Bonchev–Trinajstić information content (AvgIpc) is 2.87. The molecular weight excluding hydrogens is 472 g/mol. The molecule has 4 rings (SSSR count). The number of aliphatic hydroxyl groups is 1. The Hall–Kier alpha value is -3.16. The number of nitrogens with zero attached hydrogens (tertiary/aromatic N) is 1. The topological polar surface area (TPSA) is 74.2 Å². The van der Waals surface area contributed by atoms with Gasteiger partial charge in [-0.1, -0.05) is 43.5 Å². The van der Waals surface area contributed by atoms with E-state index in [-0.39, 0.29) is 24.4 Å². The third kappa shape index (κ3) is 6.79. The maximum Gasteiger partial charge on any atom is 0.217 e. The van der Waals surface area contributed by atoms with Gasteiger partial charge in [-0.05, 0) is 67.1 Å². The molecule has 0 bridgehead atoms. The Morgan fingerprint density at radius 1 is 1.05 bits per heavy atom. The van der Waals surface area contributed by atoms with Crippen molar-refractivity contribution in [1.29, 1.82) is 0 Å². The Morgan fingerprint density at radius 2 is 1.78 bits per heavy atom. The number of carbonyl (C=O) groups excluding carboxylic acids is 1. The molecule has 2 aromatic carbocycles. The summed E-state index contributed by atoms with van der Waals surface area (Å²) in [4.78, 5) is 16.5. The molecule has 2 atom stereocenters. The van der Waals surface area contributed by atoms with Crippen LogP contribution in [0.1, 0.15) is 55.7 Å². The van der Waals surface area contributed by atoms with Crippen LogP contribution in [0.3, 0.4) is 0 Å². The van der Waals surface area contributed by atoms with Crippen molar-refractivity contribution >= 4 is 5.91 Å². The van der Waals surface area contributed by atoms with E-state index in [0.29, 0.717) is 5.56 Å². The standard InChI is InChI=1S/C30H35F2N3O2/c1-20-8-7-13-33-29(20)23-9-6-10-24(17-23)30(11-4-3-5-12-30)34-19-28(37)27(35-21(2)36)16-22-14-25(31)18-26(32)15-22/h6-10,13-15,17-18,27-28,34,37H,3-5,11-12,16,19H2,1-2H3,(H,35,36)/t27-,28-/m0/s1. The summed E-state index contributed by atoms with van der Waals surface area (Å²) in [5.74, 6) is -1.69. The molecule has 1 aliphatic carbocycles. The Balaban J connectivity index is 1.56. The van der Waals surface area contributed by atoms with Crippen molar-refractivity contribution in [1.82, 2.24) is 15.6 Å². The van der Waals surface area contributed by atoms with E-state index in [0.717, 1.165) is 60.6 Å². The molecule has 0 spiro atoms. The molecule has 1 amide bonds. The Kier molecular flexibility index (Phi) is 8.67. The lowest BCUT2D eigenvalue weighted by Crippen LogP contribution is -2.53. The summed E-state index contributed by atoms with van der Waals surface area (Å²) < 4.78 is 27.5. The predicted molar refractivity (Wildman–Crippen MR) is 141 cm³/mol. The van der Waals surface area contributed by atoms with Crippen LogP contribution in [-0.2, 0) is 16.8 Å². The summed E-state index contributed by atoms with van der Waals surface area (Å²) in [5.41, 5.74) is 4.29. The van der Waals surface area contributed by atoms with E-state index in [4.69, 9.17) is 0 Å². The van der Waals surface area contributed by atoms with Crippen molar-refractivity contribution < 1.29 is 18.7 Å². The van der Waals surface area contributed by atoms with Gasteiger partial charge in [-0.25, -0.2) is 8.78 Å². The molecule has 1 aromatic heterocycles. The van der Waals surface area contributed by atoms with Crippen LogP contribution in [0, 0.1) is 18.6 Å². The van der Waals surface area contributed by atoms with Gasteiger partial charge >= 0.3 is 0 Å². The third-order valence-electron chi connectivity index (χ3n) is 7.29. The van der Waals surface area contributed by atoms with Gasteiger partial charge in [0.05, 0.1) is 17.8 Å². The molecule has 1 heterocycles. The molecule has 1 saturated carbocycles. The molecule has 7 heteroatoms. The highest BCUT2D eigenvalue weighted by atomic mass is 19.1. The summed E-state index contributed by atoms with van der Waals surface area (Å²) in [6, 6.07) is 15.0. The van der Waals surface area contributed by atoms with Crippen molar-refractivity contribution in [2.24, 2.45) is 0 Å². The van der Waals surface area contributed by atoms with E-state index >= 15 is 0 Å². The van der Waals surface area contributed by atoms with Gasteiger partial charge in [0, 0.05) is 36.8 Å². The third-order valence-corrected chi connectivity index (χ3v) is 7.29. The van der Waals surface area contributed by atoms with E-state index in [1.54, 1.807) is 6.20 Å². The minimum atomic E-state index is -0.963. The first-order valence-electron chi connectivity index (χ1n) is 12.9. The SMILES string of the molecule is CC(=O)N[C@@H](Cc1cc(F)cc(F)c1)[C@@H](O)CNC1(c2cccc(-c3ncccc3C)c2)CCCCC1. The lowest BCUT2D eigenvalue weighted by atomic mass is 9.76. The molecule has 1 fully saturated rings. The first kappa shape index (κ1) is 26.9. The van der Waals surface area contributed by atoms with E-state index in [9.17, 15) is 18.7 Å². The van der Waals surface area contributed by atoms with Crippen molar-refractivity contribution in [3.8, 4) is 11.3 Å². The number of hydrogen-bond donors (Lipinski definition) is 3. The van der Waals surface area contributed by atoms with Gasteiger partial charge in [-0.2, -0.15) is 0 Å². The fraction of sp³-hybridized carbons (Fsp3) is 0.400. The molecule has 0 unspecified atom stereocenters. The molecule has 196 valence electrons. The van der Waals surface area contributed by atoms with Crippen LogP contribution >= 0.6 is 0 Å². The highest BCUT2D eigenvalue weighted by molar-refractivity contribution is 5.73. The van der Waals surface area contributed by atoms with Crippen molar-refractivity contribution in [3.05, 3.63) is 89.1 Å². The number of benzene rings is 2. The zero-order valence-corrected chi connectivity index (χ0v) is 21.4. The average molecular weight is 508 g/mol. The van der Waals surface area contributed by atoms with Gasteiger partial charge in [0.1, 0.15) is 11.6 Å². The quantitative estimate of drug-likeness (QED) is 0.373. The number of rotatable bonds is 9. The number of nitrogens with one attached hydrogen (secondary N) is 2. The molecule has 0 aliphatic heterocycles. The molecule has 1 aliphatic rings. The van der Waals surface area contributed by atoms with E-state index in [2.05, 4.69) is 33.8 Å². The van der Waals surface area contributed by atoms with Gasteiger partial charge in [-0.15, -0.1) is 0 Å². The molecule has 5 nitrogen and oxygen atoms in total. The second-order valence-corrected chi connectivity index (χ2v) is 10.1. The van der Waals surface area contributed by atoms with Crippen LogP contribution in [0.15, 0.2) is 60.8 Å². The Morgan fingerprint density at radius 3 is 2.46 bits per heavy atom. The lowest BCUT2D eigenvalue weighted by Gasteiger charge is -2.40. The fourth-order valence-corrected chi connectivity index (χ4v) is 5.44. The van der Waals surface area contributed by atoms with Crippen LogP contribution in [0.5, 0.6) is 0 Å². The van der Waals surface area contributed by atoms with Crippen LogP contribution in [0.2, 0.25) is 0 Å². The first-order chi connectivity index (χ1) is 17.8. The second-order valence-electron chi connectivity index (χ2n) is 10.1.